The molecule has 17 heavy (non-hydrogen) atoms. The Bertz CT molecular complexity index is 428. The minimum Gasteiger partial charge on any atom is -0.306 e. The van der Waals surface area contributed by atoms with Crippen LogP contribution in [0.1, 0.15) is 24.0 Å². The van der Waals surface area contributed by atoms with E-state index in [0.717, 1.165) is 25.1 Å². The molecular formula is C14H17FN2. The molecule has 1 aromatic rings. The van der Waals surface area contributed by atoms with Crippen LogP contribution in [0.15, 0.2) is 18.2 Å². The number of likely N-dealkylation sites (tertiary alicyclic amines) is 1. The van der Waals surface area contributed by atoms with Crippen LogP contribution in [0.5, 0.6) is 0 Å². The highest BCUT2D eigenvalue weighted by Crippen LogP contribution is 2.21. The average Bonchev–Trinajstić information content (AvgIpc) is 2.34. The van der Waals surface area contributed by atoms with E-state index in [-0.39, 0.29) is 5.56 Å². The van der Waals surface area contributed by atoms with Crippen LogP contribution in [-0.4, -0.2) is 25.0 Å². The third-order valence-electron chi connectivity index (χ3n) is 3.51. The van der Waals surface area contributed by atoms with Gasteiger partial charge in [0, 0.05) is 0 Å². The molecule has 0 radical (unpaired) electrons. The first-order valence-corrected chi connectivity index (χ1v) is 6.06. The molecule has 0 bridgehead atoms. The lowest BCUT2D eigenvalue weighted by Crippen LogP contribution is -2.30. The smallest absolute Gasteiger partial charge is 0.140 e. The second-order valence-corrected chi connectivity index (χ2v) is 4.88. The van der Waals surface area contributed by atoms with Gasteiger partial charge in [-0.15, -0.1) is 0 Å². The van der Waals surface area contributed by atoms with Gasteiger partial charge in [-0.05, 0) is 63.0 Å². The minimum atomic E-state index is -0.417. The van der Waals surface area contributed by atoms with Crippen molar-refractivity contribution in [3.63, 3.8) is 0 Å². The third-order valence-corrected chi connectivity index (χ3v) is 3.51. The van der Waals surface area contributed by atoms with E-state index in [1.165, 1.54) is 18.9 Å². The Labute approximate surface area is 102 Å². The van der Waals surface area contributed by atoms with Gasteiger partial charge in [0.15, 0.2) is 0 Å². The first-order chi connectivity index (χ1) is 8.19. The van der Waals surface area contributed by atoms with E-state index >= 15 is 0 Å². The molecule has 3 heteroatoms. The van der Waals surface area contributed by atoms with Gasteiger partial charge in [0.2, 0.25) is 0 Å². The van der Waals surface area contributed by atoms with Gasteiger partial charge in [-0.2, -0.15) is 5.26 Å². The van der Waals surface area contributed by atoms with Gasteiger partial charge in [-0.3, -0.25) is 0 Å². The molecule has 0 saturated carbocycles. The summed E-state index contributed by atoms with van der Waals surface area (Å²) in [4.78, 5) is 2.34. The Hall–Kier alpha value is -1.40. The van der Waals surface area contributed by atoms with Crippen molar-refractivity contribution >= 4 is 0 Å². The van der Waals surface area contributed by atoms with Crippen LogP contribution in [0.2, 0.25) is 0 Å². The SMILES string of the molecule is CN1CCC(Cc2ccc(F)c(C#N)c2)CC1. The average molecular weight is 232 g/mol. The molecule has 1 saturated heterocycles. The molecular weight excluding hydrogens is 215 g/mol. The maximum atomic E-state index is 13.2. The van der Waals surface area contributed by atoms with Crippen molar-refractivity contribution < 1.29 is 4.39 Å². The van der Waals surface area contributed by atoms with E-state index in [2.05, 4.69) is 11.9 Å². The van der Waals surface area contributed by atoms with Crippen molar-refractivity contribution in [3.05, 3.63) is 35.1 Å². The summed E-state index contributed by atoms with van der Waals surface area (Å²) < 4.78 is 13.2. The van der Waals surface area contributed by atoms with Crippen LogP contribution in [0.3, 0.4) is 0 Å². The monoisotopic (exact) mass is 232 g/mol. The van der Waals surface area contributed by atoms with Crippen LogP contribution in [0.4, 0.5) is 4.39 Å². The first kappa shape index (κ1) is 12.1. The summed E-state index contributed by atoms with van der Waals surface area (Å²) in [7, 11) is 2.14. The molecule has 1 aliphatic heterocycles. The van der Waals surface area contributed by atoms with Crippen LogP contribution in [-0.2, 0) is 6.42 Å². The topological polar surface area (TPSA) is 27.0 Å². The van der Waals surface area contributed by atoms with Gasteiger partial charge < -0.3 is 4.90 Å². The predicted molar refractivity (Wildman–Crippen MR) is 65.0 cm³/mol. The summed E-state index contributed by atoms with van der Waals surface area (Å²) in [5.41, 5.74) is 1.24. The van der Waals surface area contributed by atoms with E-state index in [1.54, 1.807) is 12.1 Å². The highest BCUT2D eigenvalue weighted by Gasteiger charge is 2.17. The maximum absolute atomic E-state index is 13.2. The molecule has 1 fully saturated rings. The Morgan fingerprint density at radius 2 is 2.12 bits per heavy atom. The molecule has 0 unspecified atom stereocenters. The molecule has 1 heterocycles. The van der Waals surface area contributed by atoms with Crippen molar-refractivity contribution in [3.8, 4) is 6.07 Å². The molecule has 1 aromatic carbocycles. The summed E-state index contributed by atoms with van der Waals surface area (Å²) in [5.74, 6) is 0.253. The Kier molecular flexibility index (Phi) is 3.75. The molecule has 1 aliphatic rings. The summed E-state index contributed by atoms with van der Waals surface area (Å²) in [6.07, 6.45) is 3.34. The largest absolute Gasteiger partial charge is 0.306 e. The molecule has 2 rings (SSSR count). The fourth-order valence-corrected chi connectivity index (χ4v) is 2.38. The summed E-state index contributed by atoms with van der Waals surface area (Å²) in [6.45, 7) is 2.27. The Morgan fingerprint density at radius 1 is 1.41 bits per heavy atom. The molecule has 90 valence electrons. The van der Waals surface area contributed by atoms with E-state index in [1.807, 2.05) is 6.07 Å². The first-order valence-electron chi connectivity index (χ1n) is 6.06. The van der Waals surface area contributed by atoms with Crippen molar-refractivity contribution in [2.45, 2.75) is 19.3 Å². The number of nitrogens with zero attached hydrogens (tertiary/aromatic N) is 2. The van der Waals surface area contributed by atoms with Gasteiger partial charge in [0.1, 0.15) is 11.9 Å². The lowest BCUT2D eigenvalue weighted by Gasteiger charge is -2.28. The highest BCUT2D eigenvalue weighted by atomic mass is 19.1. The number of halogens is 1. The van der Waals surface area contributed by atoms with E-state index < -0.39 is 5.82 Å². The minimum absolute atomic E-state index is 0.162. The molecule has 0 amide bonds. The Morgan fingerprint density at radius 3 is 2.76 bits per heavy atom. The molecule has 0 spiro atoms. The summed E-state index contributed by atoms with van der Waals surface area (Å²) in [5, 5.41) is 8.79. The van der Waals surface area contributed by atoms with E-state index in [4.69, 9.17) is 5.26 Å². The summed E-state index contributed by atoms with van der Waals surface area (Å²) in [6, 6.07) is 6.79. The molecule has 0 atom stereocenters. The number of hydrogen-bond acceptors (Lipinski definition) is 2. The zero-order chi connectivity index (χ0) is 12.3. The lowest BCUT2D eigenvalue weighted by molar-refractivity contribution is 0.219. The second-order valence-electron chi connectivity index (χ2n) is 4.88. The van der Waals surface area contributed by atoms with Crippen molar-refractivity contribution in [2.75, 3.05) is 20.1 Å². The number of hydrogen-bond donors (Lipinski definition) is 0. The van der Waals surface area contributed by atoms with Crippen LogP contribution in [0, 0.1) is 23.1 Å². The quantitative estimate of drug-likeness (QED) is 0.783. The zero-order valence-electron chi connectivity index (χ0n) is 10.1. The van der Waals surface area contributed by atoms with E-state index in [0.29, 0.717) is 5.92 Å². The molecule has 0 aliphatic carbocycles. The van der Waals surface area contributed by atoms with Crippen LogP contribution >= 0.6 is 0 Å². The number of nitriles is 1. The Balaban J connectivity index is 2.02. The van der Waals surface area contributed by atoms with Gasteiger partial charge in [-0.1, -0.05) is 6.07 Å². The van der Waals surface area contributed by atoms with Crippen molar-refractivity contribution in [1.82, 2.24) is 4.90 Å². The zero-order valence-corrected chi connectivity index (χ0v) is 10.1. The fraction of sp³-hybridized carbons (Fsp3) is 0.500. The lowest BCUT2D eigenvalue weighted by atomic mass is 9.90. The standard InChI is InChI=1S/C14H17FN2/c1-17-6-4-11(5-7-17)8-12-2-3-14(15)13(9-12)10-16/h2-3,9,11H,4-8H2,1H3. The second kappa shape index (κ2) is 5.29. The third kappa shape index (κ3) is 3.04. The van der Waals surface area contributed by atoms with Crippen LogP contribution < -0.4 is 0 Å². The van der Waals surface area contributed by atoms with E-state index in [9.17, 15) is 4.39 Å². The number of benzene rings is 1. The van der Waals surface area contributed by atoms with Gasteiger partial charge in [0.05, 0.1) is 5.56 Å². The van der Waals surface area contributed by atoms with Gasteiger partial charge >= 0.3 is 0 Å². The number of piperidine rings is 1. The fourth-order valence-electron chi connectivity index (χ4n) is 2.38. The predicted octanol–water partition coefficient (Wildman–Crippen LogP) is 2.58. The molecule has 2 nitrogen and oxygen atoms in total. The number of rotatable bonds is 2. The van der Waals surface area contributed by atoms with Crippen molar-refractivity contribution in [2.24, 2.45) is 5.92 Å². The highest BCUT2D eigenvalue weighted by molar-refractivity contribution is 5.34. The van der Waals surface area contributed by atoms with Gasteiger partial charge in [0.25, 0.3) is 0 Å². The van der Waals surface area contributed by atoms with Crippen molar-refractivity contribution in [1.29, 1.82) is 5.26 Å². The normalized spacial score (nSPS) is 17.9. The molecule has 0 N–H and O–H groups in total. The van der Waals surface area contributed by atoms with Crippen LogP contribution in [0.25, 0.3) is 0 Å². The summed E-state index contributed by atoms with van der Waals surface area (Å²) >= 11 is 0. The molecule has 0 aromatic heterocycles. The van der Waals surface area contributed by atoms with Gasteiger partial charge in [-0.25, -0.2) is 4.39 Å². The maximum Gasteiger partial charge on any atom is 0.140 e.